The van der Waals surface area contributed by atoms with Crippen LogP contribution in [0.25, 0.3) is 0 Å². The van der Waals surface area contributed by atoms with Crippen LogP contribution in [-0.2, 0) is 70.1 Å². The van der Waals surface area contributed by atoms with Gasteiger partial charge in [0, 0.05) is 74.4 Å². The van der Waals surface area contributed by atoms with Crippen LogP contribution < -0.4 is 16.0 Å². The number of hydrogen-bond donors (Lipinski definition) is 3. The fourth-order valence-corrected chi connectivity index (χ4v) is 18.0. The van der Waals surface area contributed by atoms with Gasteiger partial charge in [-0.1, -0.05) is 146 Å². The van der Waals surface area contributed by atoms with Crippen molar-refractivity contribution in [1.29, 1.82) is 0 Å². The van der Waals surface area contributed by atoms with Crippen LogP contribution in [0.2, 0.25) is 5.02 Å². The maximum atomic E-state index is 16.1. The molecule has 4 heterocycles. The molecule has 12 amide bonds. The first kappa shape index (κ1) is 85.2. The zero-order valence-electron chi connectivity index (χ0n) is 65.9. The summed E-state index contributed by atoms with van der Waals surface area (Å²) in [6.45, 7) is 9.13. The van der Waals surface area contributed by atoms with E-state index < -0.39 is 178 Å². The lowest BCUT2D eigenvalue weighted by molar-refractivity contribution is -0.160. The van der Waals surface area contributed by atoms with Gasteiger partial charge in [0.2, 0.25) is 70.9 Å². The van der Waals surface area contributed by atoms with Crippen LogP contribution in [0.4, 0.5) is 13.2 Å². The molecule has 0 aromatic heterocycles. The summed E-state index contributed by atoms with van der Waals surface area (Å²) in [7, 11) is 8.80. The predicted molar refractivity (Wildman–Crippen MR) is 405 cm³/mol. The lowest BCUT2D eigenvalue weighted by Crippen LogP contribution is -2.65. The molecule has 24 nitrogen and oxygen atoms in total. The summed E-state index contributed by atoms with van der Waals surface area (Å²) in [6, 6.07) is 1.27. The van der Waals surface area contributed by atoms with Gasteiger partial charge in [-0.3, -0.25) is 57.5 Å². The fourth-order valence-electron chi connectivity index (χ4n) is 17.7. The van der Waals surface area contributed by atoms with Gasteiger partial charge >= 0.3 is 6.18 Å². The minimum atomic E-state index is -4.78. The molecule has 4 aliphatic heterocycles. The Labute approximate surface area is 646 Å². The minimum Gasteiger partial charge on any atom is -0.343 e. The second-order valence-corrected chi connectivity index (χ2v) is 33.2. The highest BCUT2D eigenvalue weighted by Crippen LogP contribution is 2.40. The van der Waals surface area contributed by atoms with E-state index in [0.29, 0.717) is 63.6 Å². The Bertz CT molecular complexity index is 3600. The molecule has 2 aromatic rings. The molecule has 2 aromatic carbocycles. The molecule has 602 valence electrons. The molecule has 7 aliphatic rings. The second-order valence-electron chi connectivity index (χ2n) is 32.8. The third-order valence-electron chi connectivity index (χ3n) is 25.0. The van der Waals surface area contributed by atoms with Crippen molar-refractivity contribution in [3.05, 3.63) is 70.2 Å². The standard InChI is InChI=1S/C81H118ClF3N12O12/c1-12-51(4)68-77(107)90(7)52(5)72(102)96-42-37-61(96)75(105)92(9)64(45-53-27-17-13-18-28-53)74(104)89(6)49-66(98)86-60(36-34-54-33-35-58(59(82)44-54)81(83,84)85)73(103)97-48-57(55-29-19-14-20-30-55)46-63(97)71(101)88-80(38-23-24-39-80)79(109)94(11)69(56-31-21-15-22-32-56)78(108)93(10)65(76(106)95-40-25-16-26-41-95)47-67(99)91(8)62(43-50(2)3)70(100)87-68/h14,19-20,29-30,33,35,44,50-53,56-57,60-65,68-69H,12-13,15-18,21-28,31-32,34,36-43,45-49H2,1-11H3,(H,86,98)(H,87,100)(H,88,101)/t51-,52-,57+,60-,61-,62-,63-,64-,65-,68-,69-/m0/s1. The topological polar surface area (TPSA) is 270 Å². The molecule has 3 N–H and O–H groups in total. The highest BCUT2D eigenvalue weighted by molar-refractivity contribution is 6.31. The zero-order chi connectivity index (χ0) is 79.5. The van der Waals surface area contributed by atoms with Crippen LogP contribution in [0.5, 0.6) is 0 Å². The van der Waals surface area contributed by atoms with E-state index in [9.17, 15) is 22.8 Å². The Morgan fingerprint density at radius 2 is 1.27 bits per heavy atom. The monoisotopic (exact) mass is 1540 g/mol. The number of carbonyl (C=O) groups excluding carboxylic acids is 12. The summed E-state index contributed by atoms with van der Waals surface area (Å²) in [5, 5.41) is 8.40. The van der Waals surface area contributed by atoms with E-state index in [1.807, 2.05) is 51.1 Å². The van der Waals surface area contributed by atoms with E-state index in [1.54, 1.807) is 11.8 Å². The Hall–Kier alpha value is -7.84. The molecule has 3 saturated carbocycles. The number of halogens is 4. The first-order valence-corrected chi connectivity index (χ1v) is 40.4. The largest absolute Gasteiger partial charge is 0.417 e. The second kappa shape index (κ2) is 37.5. The van der Waals surface area contributed by atoms with Crippen LogP contribution in [0, 0.1) is 23.7 Å². The summed E-state index contributed by atoms with van der Waals surface area (Å²) < 4.78 is 42.2. The van der Waals surface area contributed by atoms with E-state index in [2.05, 4.69) is 16.0 Å². The van der Waals surface area contributed by atoms with Gasteiger partial charge < -0.3 is 60.0 Å². The van der Waals surface area contributed by atoms with Gasteiger partial charge in [0.05, 0.1) is 23.6 Å². The van der Waals surface area contributed by atoms with E-state index in [4.69, 9.17) is 11.6 Å². The van der Waals surface area contributed by atoms with E-state index in [-0.39, 0.29) is 76.3 Å². The lowest BCUT2D eigenvalue weighted by Gasteiger charge is -2.45. The van der Waals surface area contributed by atoms with Gasteiger partial charge in [-0.25, -0.2) is 0 Å². The molecule has 4 saturated heterocycles. The van der Waals surface area contributed by atoms with Crippen LogP contribution >= 0.6 is 11.6 Å². The summed E-state index contributed by atoms with van der Waals surface area (Å²) in [5.74, 6) is -9.07. The van der Waals surface area contributed by atoms with E-state index in [1.165, 1.54) is 94.5 Å². The van der Waals surface area contributed by atoms with Crippen molar-refractivity contribution >= 4 is 82.5 Å². The number of carbonyl (C=O) groups is 12. The number of benzene rings is 2. The van der Waals surface area contributed by atoms with Crippen molar-refractivity contribution in [2.45, 2.75) is 267 Å². The molecule has 11 atom stereocenters. The number of nitrogens with one attached hydrogen (secondary N) is 3. The Morgan fingerprint density at radius 1 is 0.633 bits per heavy atom. The van der Waals surface area contributed by atoms with E-state index >= 15 is 47.9 Å². The average molecular weight is 1540 g/mol. The zero-order valence-corrected chi connectivity index (χ0v) is 66.6. The maximum absolute atomic E-state index is 16.1. The number of amides is 12. The van der Waals surface area contributed by atoms with Crippen molar-refractivity contribution in [3.63, 3.8) is 0 Å². The summed E-state index contributed by atoms with van der Waals surface area (Å²) >= 11 is 6.26. The number of alkyl halides is 3. The quantitative estimate of drug-likeness (QED) is 0.181. The highest BCUT2D eigenvalue weighted by Gasteiger charge is 2.53. The number of piperidine rings is 1. The number of likely N-dealkylation sites (tertiary alicyclic amines) is 1. The molecule has 0 unspecified atom stereocenters. The molecule has 28 heteroatoms. The third-order valence-corrected chi connectivity index (χ3v) is 25.3. The average Bonchev–Trinajstić information content (AvgIpc) is 1.71. The van der Waals surface area contributed by atoms with Crippen molar-refractivity contribution in [1.82, 2.24) is 60.0 Å². The number of fused-ring (bicyclic) bond motifs is 2. The number of nitrogens with zero attached hydrogens (tertiary/aromatic N) is 9. The lowest BCUT2D eigenvalue weighted by atomic mass is 9.81. The molecule has 0 radical (unpaired) electrons. The van der Waals surface area contributed by atoms with Gasteiger partial charge in [0.15, 0.2) is 0 Å². The smallest absolute Gasteiger partial charge is 0.343 e. The fraction of sp³-hybridized carbons (Fsp3) is 0.704. The molecule has 1 spiro atoms. The first-order chi connectivity index (χ1) is 51.7. The normalized spacial score (nSPS) is 28.1. The van der Waals surface area contributed by atoms with Crippen molar-refractivity contribution in [2.75, 3.05) is 75.0 Å². The molecular formula is C81H118ClF3N12O12. The molecule has 9 rings (SSSR count). The minimum absolute atomic E-state index is 0.0101. The van der Waals surface area contributed by atoms with E-state index in [0.717, 1.165) is 75.5 Å². The van der Waals surface area contributed by atoms with Gasteiger partial charge in [0.25, 0.3) is 0 Å². The first-order valence-electron chi connectivity index (χ1n) is 40.0. The van der Waals surface area contributed by atoms with Gasteiger partial charge in [-0.2, -0.15) is 13.2 Å². The number of aryl methyl sites for hydroxylation is 1. The number of likely N-dealkylation sites (N-methyl/N-ethyl adjacent to an activating group) is 6. The van der Waals surface area contributed by atoms with Crippen molar-refractivity contribution in [2.24, 2.45) is 23.7 Å². The van der Waals surface area contributed by atoms with Crippen LogP contribution in [0.3, 0.4) is 0 Å². The molecule has 109 heavy (non-hydrogen) atoms. The number of rotatable bonds is 12. The van der Waals surface area contributed by atoms with Crippen LogP contribution in [-0.4, -0.2) is 250 Å². The summed E-state index contributed by atoms with van der Waals surface area (Å²) in [5.41, 5.74) is -1.62. The van der Waals surface area contributed by atoms with Crippen LogP contribution in [0.1, 0.15) is 211 Å². The van der Waals surface area contributed by atoms with Gasteiger partial charge in [-0.05, 0) is 137 Å². The SMILES string of the molecule is CC[C@H](C)[C@@H]1NC(=O)[C@H](CC(C)C)N(C)C(=O)C[C@@H](C(=O)N2CCCCC2)N(C)C(=O)[C@H](C2CCCCC2)N(C)C(=O)C2(CCCC2)NC(=O)[C@@H]2C[C@@H](c3ccccc3)CN2C(=O)[C@H](CCc2ccc(C(F)(F)F)c(Cl)c2)NC(=O)CN(C)C(=O)[C@H](CC2CCCCC2)N(C)C(=O)[C@@H]2CCN2C(=O)[C@H](C)N(C)C1=O. The van der Waals surface area contributed by atoms with Crippen LogP contribution in [0.15, 0.2) is 48.5 Å². The van der Waals surface area contributed by atoms with Crippen molar-refractivity contribution < 1.29 is 70.7 Å². The summed E-state index contributed by atoms with van der Waals surface area (Å²) in [4.78, 5) is 196. The van der Waals surface area contributed by atoms with Crippen molar-refractivity contribution in [3.8, 4) is 0 Å². The third kappa shape index (κ3) is 20.1. The Balaban J connectivity index is 1.13. The van der Waals surface area contributed by atoms with Gasteiger partial charge in [-0.15, -0.1) is 0 Å². The Morgan fingerprint density at radius 3 is 1.86 bits per heavy atom. The Kier molecular flexibility index (Phi) is 29.3. The molecule has 0 bridgehead atoms. The highest BCUT2D eigenvalue weighted by atomic mass is 35.5. The van der Waals surface area contributed by atoms with Gasteiger partial charge in [0.1, 0.15) is 59.9 Å². The molecular weight excluding hydrogens is 1430 g/mol. The molecule has 3 aliphatic carbocycles. The number of hydrogen-bond acceptors (Lipinski definition) is 12. The summed E-state index contributed by atoms with van der Waals surface area (Å²) in [6.07, 6.45) is 6.68. The maximum Gasteiger partial charge on any atom is 0.417 e. The predicted octanol–water partition coefficient (Wildman–Crippen LogP) is 8.35. The molecule has 7 fully saturated rings.